The molecular weight excluding hydrogens is 307 g/mol. The number of esters is 1. The molecule has 0 aliphatic carbocycles. The van der Waals surface area contributed by atoms with Gasteiger partial charge >= 0.3 is 12.1 Å². The van der Waals surface area contributed by atoms with Crippen molar-refractivity contribution in [3.05, 3.63) is 64.4 Å². The fourth-order valence-electron chi connectivity index (χ4n) is 1.66. The van der Waals surface area contributed by atoms with Gasteiger partial charge in [0.15, 0.2) is 0 Å². The van der Waals surface area contributed by atoms with Gasteiger partial charge in [0.05, 0.1) is 5.56 Å². The smallest absolute Gasteiger partial charge is 0.417 e. The number of carbonyl (C=O) groups excluding carboxylic acids is 1. The number of pyridine rings is 1. The van der Waals surface area contributed by atoms with Crippen LogP contribution in [-0.4, -0.2) is 11.0 Å². The number of aromatic nitrogens is 1. The normalized spacial score (nSPS) is 11.2. The highest BCUT2D eigenvalue weighted by molar-refractivity contribution is 6.32. The maximum Gasteiger partial charge on any atom is 0.417 e. The van der Waals surface area contributed by atoms with Gasteiger partial charge in [0.2, 0.25) is 0 Å². The Morgan fingerprint density at radius 1 is 1.19 bits per heavy atom. The van der Waals surface area contributed by atoms with Gasteiger partial charge in [-0.1, -0.05) is 41.9 Å². The highest BCUT2D eigenvalue weighted by atomic mass is 35.5. The van der Waals surface area contributed by atoms with Gasteiger partial charge in [-0.2, -0.15) is 13.2 Å². The molecule has 2 rings (SSSR count). The first kappa shape index (κ1) is 15.3. The van der Waals surface area contributed by atoms with Crippen molar-refractivity contribution in [1.82, 2.24) is 4.98 Å². The Kier molecular flexibility index (Phi) is 4.47. The van der Waals surface area contributed by atoms with E-state index in [1.54, 1.807) is 30.3 Å². The molecule has 0 fully saturated rings. The molecule has 0 saturated carbocycles. The highest BCUT2D eigenvalue weighted by Gasteiger charge is 2.37. The number of ether oxygens (including phenoxy) is 1. The van der Waals surface area contributed by atoms with Gasteiger partial charge in [-0.15, -0.1) is 0 Å². The van der Waals surface area contributed by atoms with Crippen molar-refractivity contribution in [2.45, 2.75) is 12.8 Å². The number of alkyl halides is 3. The predicted octanol–water partition coefficient (Wildman–Crippen LogP) is 4.11. The number of hydrogen-bond acceptors (Lipinski definition) is 3. The van der Waals surface area contributed by atoms with Crippen LogP contribution in [0.4, 0.5) is 13.2 Å². The maximum atomic E-state index is 12.9. The van der Waals surface area contributed by atoms with Gasteiger partial charge in [-0.3, -0.25) is 0 Å². The molecule has 0 N–H and O–H groups in total. The monoisotopic (exact) mass is 315 g/mol. The van der Waals surface area contributed by atoms with Gasteiger partial charge in [-0.25, -0.2) is 9.78 Å². The first-order valence-corrected chi connectivity index (χ1v) is 6.20. The van der Waals surface area contributed by atoms with Crippen molar-refractivity contribution in [1.29, 1.82) is 0 Å². The molecule has 110 valence electrons. The number of hydrogen-bond donors (Lipinski definition) is 0. The van der Waals surface area contributed by atoms with E-state index in [-0.39, 0.29) is 6.61 Å². The second-order valence-electron chi connectivity index (χ2n) is 4.08. The molecule has 7 heteroatoms. The van der Waals surface area contributed by atoms with Gasteiger partial charge in [-0.05, 0) is 11.6 Å². The Bertz CT molecular complexity index is 644. The summed E-state index contributed by atoms with van der Waals surface area (Å²) in [6, 6.07) is 9.27. The molecule has 3 nitrogen and oxygen atoms in total. The number of benzene rings is 1. The molecule has 0 radical (unpaired) electrons. The van der Waals surface area contributed by atoms with Crippen LogP contribution in [0.1, 0.15) is 21.5 Å². The molecule has 0 spiro atoms. The third-order valence-corrected chi connectivity index (χ3v) is 2.91. The average Bonchev–Trinajstić information content (AvgIpc) is 2.44. The lowest BCUT2D eigenvalue weighted by Gasteiger charge is -2.13. The van der Waals surface area contributed by atoms with Gasteiger partial charge in [0, 0.05) is 6.20 Å². The maximum absolute atomic E-state index is 12.9. The van der Waals surface area contributed by atoms with Crippen molar-refractivity contribution in [2.75, 3.05) is 0 Å². The molecule has 0 aliphatic rings. The summed E-state index contributed by atoms with van der Waals surface area (Å²) >= 11 is 5.60. The van der Waals surface area contributed by atoms with Crippen LogP contribution in [-0.2, 0) is 17.5 Å². The molecule has 1 aromatic carbocycles. The number of nitrogens with zero attached hydrogens (tertiary/aromatic N) is 1. The van der Waals surface area contributed by atoms with Crippen LogP contribution in [0.2, 0.25) is 5.15 Å². The topological polar surface area (TPSA) is 39.2 Å². The van der Waals surface area contributed by atoms with Crippen LogP contribution in [0.25, 0.3) is 0 Å². The van der Waals surface area contributed by atoms with Crippen molar-refractivity contribution in [2.24, 2.45) is 0 Å². The minimum atomic E-state index is -4.71. The van der Waals surface area contributed by atoms with Crippen LogP contribution in [0, 0.1) is 0 Å². The summed E-state index contributed by atoms with van der Waals surface area (Å²) in [5, 5.41) is -0.539. The average molecular weight is 316 g/mol. The van der Waals surface area contributed by atoms with E-state index in [0.717, 1.165) is 6.20 Å². The predicted molar refractivity (Wildman–Crippen MR) is 69.8 cm³/mol. The zero-order chi connectivity index (χ0) is 15.5. The molecule has 1 heterocycles. The van der Waals surface area contributed by atoms with Crippen LogP contribution in [0.15, 0.2) is 42.6 Å². The molecule has 0 amide bonds. The number of rotatable bonds is 3. The second kappa shape index (κ2) is 6.13. The summed E-state index contributed by atoms with van der Waals surface area (Å²) in [4.78, 5) is 15.4. The van der Waals surface area contributed by atoms with Crippen molar-refractivity contribution in [3.8, 4) is 0 Å². The standard InChI is InChI=1S/C14H9ClF3NO2/c15-12-11(10(6-7-19-12)14(16,17)18)13(20)21-8-9-4-2-1-3-5-9/h1-7H,8H2. The molecule has 0 saturated heterocycles. The summed E-state index contributed by atoms with van der Waals surface area (Å²) in [6.07, 6.45) is -3.83. The zero-order valence-electron chi connectivity index (χ0n) is 10.5. The lowest BCUT2D eigenvalue weighted by Crippen LogP contribution is -2.16. The van der Waals surface area contributed by atoms with E-state index in [2.05, 4.69) is 4.98 Å². The Balaban J connectivity index is 2.23. The minimum Gasteiger partial charge on any atom is -0.457 e. The molecule has 0 atom stereocenters. The first-order chi connectivity index (χ1) is 9.89. The van der Waals surface area contributed by atoms with E-state index in [0.29, 0.717) is 11.6 Å². The van der Waals surface area contributed by atoms with E-state index in [4.69, 9.17) is 16.3 Å². The lowest BCUT2D eigenvalue weighted by molar-refractivity contribution is -0.138. The van der Waals surface area contributed by atoms with E-state index >= 15 is 0 Å². The van der Waals surface area contributed by atoms with Gasteiger partial charge < -0.3 is 4.74 Å². The molecule has 0 bridgehead atoms. The van der Waals surface area contributed by atoms with Crippen molar-refractivity contribution < 1.29 is 22.7 Å². The summed E-state index contributed by atoms with van der Waals surface area (Å²) in [5.41, 5.74) is -1.29. The first-order valence-electron chi connectivity index (χ1n) is 5.82. The second-order valence-corrected chi connectivity index (χ2v) is 4.44. The number of halogens is 4. The third-order valence-electron chi connectivity index (χ3n) is 2.63. The Morgan fingerprint density at radius 3 is 2.48 bits per heavy atom. The molecule has 21 heavy (non-hydrogen) atoms. The third kappa shape index (κ3) is 3.72. The molecule has 2 aromatic rings. The molecule has 0 aliphatic heterocycles. The molecule has 1 aromatic heterocycles. The van der Waals surface area contributed by atoms with Crippen LogP contribution < -0.4 is 0 Å². The van der Waals surface area contributed by atoms with Crippen LogP contribution in [0.5, 0.6) is 0 Å². The summed E-state index contributed by atoms with van der Waals surface area (Å²) < 4.78 is 43.4. The summed E-state index contributed by atoms with van der Waals surface area (Å²) in [5.74, 6) is -1.16. The Hall–Kier alpha value is -2.08. The minimum absolute atomic E-state index is 0.151. The van der Waals surface area contributed by atoms with E-state index in [9.17, 15) is 18.0 Å². The van der Waals surface area contributed by atoms with E-state index < -0.39 is 28.4 Å². The summed E-state index contributed by atoms with van der Waals surface area (Å²) in [6.45, 7) is -0.151. The SMILES string of the molecule is O=C(OCc1ccccc1)c1c(C(F)(F)F)ccnc1Cl. The Morgan fingerprint density at radius 2 is 1.86 bits per heavy atom. The molecular formula is C14H9ClF3NO2. The largest absolute Gasteiger partial charge is 0.457 e. The van der Waals surface area contributed by atoms with Crippen LogP contribution >= 0.6 is 11.6 Å². The fourth-order valence-corrected chi connectivity index (χ4v) is 1.90. The fraction of sp³-hybridized carbons (Fsp3) is 0.143. The highest BCUT2D eigenvalue weighted by Crippen LogP contribution is 2.34. The summed E-state index contributed by atoms with van der Waals surface area (Å²) in [7, 11) is 0. The van der Waals surface area contributed by atoms with Gasteiger partial charge in [0.1, 0.15) is 17.3 Å². The Labute approximate surface area is 123 Å². The zero-order valence-corrected chi connectivity index (χ0v) is 11.3. The van der Waals surface area contributed by atoms with E-state index in [1.165, 1.54) is 0 Å². The lowest BCUT2D eigenvalue weighted by atomic mass is 10.1. The quantitative estimate of drug-likeness (QED) is 0.632. The van der Waals surface area contributed by atoms with Crippen molar-refractivity contribution in [3.63, 3.8) is 0 Å². The number of carbonyl (C=O) groups is 1. The van der Waals surface area contributed by atoms with Gasteiger partial charge in [0.25, 0.3) is 0 Å². The molecule has 0 unspecified atom stereocenters. The van der Waals surface area contributed by atoms with Crippen LogP contribution in [0.3, 0.4) is 0 Å². The van der Waals surface area contributed by atoms with Crippen molar-refractivity contribution >= 4 is 17.6 Å². The van der Waals surface area contributed by atoms with E-state index in [1.807, 2.05) is 0 Å².